The summed E-state index contributed by atoms with van der Waals surface area (Å²) in [5, 5.41) is 0. The van der Waals surface area contributed by atoms with Gasteiger partial charge in [0, 0.05) is 23.4 Å². The third kappa shape index (κ3) is 1.21. The molecular weight excluding hydrogens is 262 g/mol. The fourth-order valence-corrected chi connectivity index (χ4v) is 4.40. The molecule has 5 rings (SSSR count). The Kier molecular flexibility index (Phi) is 1.96. The highest BCUT2D eigenvalue weighted by atomic mass is 16.1. The molecule has 1 aromatic carbocycles. The van der Waals surface area contributed by atoms with Gasteiger partial charge in [0.05, 0.1) is 11.4 Å². The highest BCUT2D eigenvalue weighted by Gasteiger charge is 2.47. The van der Waals surface area contributed by atoms with Gasteiger partial charge in [-0.3, -0.25) is 9.20 Å². The van der Waals surface area contributed by atoms with Gasteiger partial charge in [-0.15, -0.1) is 0 Å². The average molecular weight is 277 g/mol. The van der Waals surface area contributed by atoms with E-state index in [-0.39, 0.29) is 11.0 Å². The number of fused-ring (bicyclic) bond motifs is 7. The lowest BCUT2D eigenvalue weighted by Crippen LogP contribution is -2.25. The number of nitrogens with one attached hydrogen (secondary N) is 1. The molecule has 2 heterocycles. The van der Waals surface area contributed by atoms with Crippen molar-refractivity contribution in [3.05, 3.63) is 58.3 Å². The average Bonchev–Trinajstić information content (AvgIpc) is 3.21. The van der Waals surface area contributed by atoms with Crippen molar-refractivity contribution >= 4 is 5.65 Å². The number of nitrogens with zero attached hydrogens (tertiary/aromatic N) is 2. The first-order valence-electron chi connectivity index (χ1n) is 7.51. The van der Waals surface area contributed by atoms with Gasteiger partial charge in [-0.2, -0.15) is 0 Å². The molecule has 0 aliphatic heterocycles. The van der Waals surface area contributed by atoms with E-state index in [9.17, 15) is 4.79 Å². The Labute approximate surface area is 121 Å². The minimum absolute atomic E-state index is 0.0507. The molecule has 1 N–H and O–H groups in total. The van der Waals surface area contributed by atoms with Gasteiger partial charge in [-0.25, -0.2) is 4.98 Å². The summed E-state index contributed by atoms with van der Waals surface area (Å²) < 4.78 is 2.01. The van der Waals surface area contributed by atoms with E-state index in [0.717, 1.165) is 18.5 Å². The second-order valence-electron chi connectivity index (χ2n) is 6.13. The van der Waals surface area contributed by atoms with Crippen LogP contribution in [0.4, 0.5) is 0 Å². The van der Waals surface area contributed by atoms with Crippen LogP contribution >= 0.6 is 0 Å². The van der Waals surface area contributed by atoms with Gasteiger partial charge in [0.2, 0.25) is 5.65 Å². The molecule has 0 radical (unpaired) electrons. The monoisotopic (exact) mass is 277 g/mol. The van der Waals surface area contributed by atoms with Crippen LogP contribution in [0.15, 0.2) is 41.5 Å². The molecule has 0 amide bonds. The molecular formula is C17H15N3O. The van der Waals surface area contributed by atoms with Gasteiger partial charge in [0.15, 0.2) is 0 Å². The third-order valence-corrected chi connectivity index (χ3v) is 5.18. The Morgan fingerprint density at radius 2 is 2.00 bits per heavy atom. The molecule has 2 aromatic heterocycles. The number of aromatic amines is 1. The summed E-state index contributed by atoms with van der Waals surface area (Å²) in [6, 6.07) is 8.50. The number of rotatable bonds is 0. The van der Waals surface area contributed by atoms with Gasteiger partial charge in [0.1, 0.15) is 0 Å². The smallest absolute Gasteiger partial charge is 0.292 e. The van der Waals surface area contributed by atoms with Crippen LogP contribution in [0.25, 0.3) is 16.9 Å². The summed E-state index contributed by atoms with van der Waals surface area (Å²) in [6.07, 6.45) is 8.42. The van der Waals surface area contributed by atoms with Gasteiger partial charge >= 0.3 is 0 Å². The first-order valence-corrected chi connectivity index (χ1v) is 7.51. The minimum atomic E-state index is -0.108. The van der Waals surface area contributed by atoms with E-state index in [1.165, 1.54) is 29.7 Å². The quantitative estimate of drug-likeness (QED) is 0.687. The van der Waals surface area contributed by atoms with E-state index in [4.69, 9.17) is 0 Å². The van der Waals surface area contributed by atoms with Crippen molar-refractivity contribution in [3.63, 3.8) is 0 Å². The zero-order valence-electron chi connectivity index (χ0n) is 11.6. The fourth-order valence-electron chi connectivity index (χ4n) is 4.40. The van der Waals surface area contributed by atoms with Crippen molar-refractivity contribution < 1.29 is 0 Å². The Hall–Kier alpha value is -2.36. The van der Waals surface area contributed by atoms with E-state index in [2.05, 4.69) is 28.2 Å². The van der Waals surface area contributed by atoms with Crippen molar-refractivity contribution in [3.8, 4) is 11.3 Å². The number of hydrogen-bond acceptors (Lipinski definition) is 2. The van der Waals surface area contributed by atoms with Crippen LogP contribution in [-0.2, 0) is 5.41 Å². The van der Waals surface area contributed by atoms with Crippen LogP contribution in [0.5, 0.6) is 0 Å². The van der Waals surface area contributed by atoms with Gasteiger partial charge in [-0.1, -0.05) is 37.1 Å². The lowest BCUT2D eigenvalue weighted by atomic mass is 9.79. The first kappa shape index (κ1) is 11.3. The number of aromatic nitrogens is 3. The minimum Gasteiger partial charge on any atom is -0.317 e. The van der Waals surface area contributed by atoms with Crippen LogP contribution in [0.3, 0.4) is 0 Å². The topological polar surface area (TPSA) is 50.2 Å². The lowest BCUT2D eigenvalue weighted by molar-refractivity contribution is 0.525. The van der Waals surface area contributed by atoms with Crippen molar-refractivity contribution in [2.45, 2.75) is 31.1 Å². The molecule has 0 saturated heterocycles. The molecule has 0 unspecified atom stereocenters. The van der Waals surface area contributed by atoms with E-state index >= 15 is 0 Å². The molecule has 1 spiro atoms. The largest absolute Gasteiger partial charge is 0.317 e. The second kappa shape index (κ2) is 3.64. The highest BCUT2D eigenvalue weighted by Crippen LogP contribution is 2.55. The number of imidazole rings is 1. The predicted molar refractivity (Wildman–Crippen MR) is 80.5 cm³/mol. The lowest BCUT2D eigenvalue weighted by Gasteiger charge is -2.26. The fraction of sp³-hybridized carbons (Fsp3) is 0.294. The Morgan fingerprint density at radius 1 is 1.19 bits per heavy atom. The summed E-state index contributed by atoms with van der Waals surface area (Å²) in [5.74, 6) is 0. The summed E-state index contributed by atoms with van der Waals surface area (Å²) in [5.41, 5.74) is 5.22. The molecule has 21 heavy (non-hydrogen) atoms. The third-order valence-electron chi connectivity index (χ3n) is 5.18. The van der Waals surface area contributed by atoms with Crippen molar-refractivity contribution in [1.82, 2.24) is 14.4 Å². The summed E-state index contributed by atoms with van der Waals surface area (Å²) in [4.78, 5) is 19.6. The summed E-state index contributed by atoms with van der Waals surface area (Å²) in [7, 11) is 0. The van der Waals surface area contributed by atoms with Crippen molar-refractivity contribution in [1.29, 1.82) is 0 Å². The maximum Gasteiger partial charge on any atom is 0.292 e. The molecule has 0 atom stereocenters. The number of hydrogen-bond donors (Lipinski definition) is 1. The van der Waals surface area contributed by atoms with Gasteiger partial charge < -0.3 is 4.98 Å². The van der Waals surface area contributed by atoms with Crippen LogP contribution in [-0.4, -0.2) is 14.4 Å². The van der Waals surface area contributed by atoms with Gasteiger partial charge in [-0.05, 0) is 18.4 Å². The number of H-pyrrole nitrogens is 1. The van der Waals surface area contributed by atoms with Crippen LogP contribution < -0.4 is 5.56 Å². The summed E-state index contributed by atoms with van der Waals surface area (Å²) in [6.45, 7) is 0. The number of benzene rings is 1. The van der Waals surface area contributed by atoms with Crippen molar-refractivity contribution in [2.75, 3.05) is 0 Å². The molecule has 104 valence electrons. The molecule has 4 heteroatoms. The van der Waals surface area contributed by atoms with Crippen molar-refractivity contribution in [2.24, 2.45) is 0 Å². The van der Waals surface area contributed by atoms with Crippen LogP contribution in [0.1, 0.15) is 36.9 Å². The standard InChI is InChI=1S/C17H15N3O/c21-16-15-18-9-10-20(15)14-13(19-16)11-5-1-2-6-12(11)17(14)7-3-4-8-17/h1-2,5-6,9-10H,3-4,7-8H2,(H,19,21). The molecule has 2 aliphatic carbocycles. The molecule has 4 nitrogen and oxygen atoms in total. The molecule has 3 aromatic rings. The SMILES string of the molecule is O=c1[nH]c2c(n3ccnc13)C1(CCCC1)c1ccccc1-2. The van der Waals surface area contributed by atoms with Crippen LogP contribution in [0, 0.1) is 0 Å². The van der Waals surface area contributed by atoms with E-state index in [1.807, 2.05) is 16.7 Å². The molecule has 0 bridgehead atoms. The Morgan fingerprint density at radius 3 is 2.86 bits per heavy atom. The van der Waals surface area contributed by atoms with E-state index in [1.54, 1.807) is 6.20 Å². The van der Waals surface area contributed by atoms with Crippen LogP contribution in [0.2, 0.25) is 0 Å². The molecule has 1 fully saturated rings. The Bertz CT molecular complexity index is 929. The summed E-state index contributed by atoms with van der Waals surface area (Å²) >= 11 is 0. The van der Waals surface area contributed by atoms with Gasteiger partial charge in [0.25, 0.3) is 5.56 Å². The maximum absolute atomic E-state index is 12.3. The van der Waals surface area contributed by atoms with E-state index in [0.29, 0.717) is 5.65 Å². The maximum atomic E-state index is 12.3. The Balaban J connectivity index is 2.01. The second-order valence-corrected chi connectivity index (χ2v) is 6.13. The van der Waals surface area contributed by atoms with E-state index < -0.39 is 0 Å². The molecule has 2 aliphatic rings. The first-order chi connectivity index (χ1) is 10.3. The predicted octanol–water partition coefficient (Wildman–Crippen LogP) is 2.86. The zero-order chi connectivity index (χ0) is 14.0. The highest BCUT2D eigenvalue weighted by molar-refractivity contribution is 5.78. The molecule has 1 saturated carbocycles. The zero-order valence-corrected chi connectivity index (χ0v) is 11.6. The normalized spacial score (nSPS) is 18.3.